The molecule has 15 heavy (non-hydrogen) atoms. The van der Waals surface area contributed by atoms with Gasteiger partial charge in [0.05, 0.1) is 6.54 Å². The van der Waals surface area contributed by atoms with Gasteiger partial charge in [-0.2, -0.15) is 5.10 Å². The number of rotatable bonds is 4. The second-order valence-electron chi connectivity index (χ2n) is 4.02. The van der Waals surface area contributed by atoms with Gasteiger partial charge in [-0.1, -0.05) is 22.9 Å². The summed E-state index contributed by atoms with van der Waals surface area (Å²) in [7, 11) is 0. The summed E-state index contributed by atoms with van der Waals surface area (Å²) in [4.78, 5) is 7.40. The summed E-state index contributed by atoms with van der Waals surface area (Å²) < 4.78 is 2.02. The minimum absolute atomic E-state index is 0.653. The first-order valence-electron chi connectivity index (χ1n) is 5.52. The van der Waals surface area contributed by atoms with Crippen molar-refractivity contribution in [2.75, 3.05) is 13.1 Å². The first kappa shape index (κ1) is 11.1. The van der Waals surface area contributed by atoms with E-state index in [1.165, 1.54) is 6.42 Å². The molecule has 1 aromatic rings. The fraction of sp³-hybridized carbons (Fsp3) is 0.800. The molecule has 0 aliphatic carbocycles. The van der Waals surface area contributed by atoms with Crippen LogP contribution in [0.25, 0.3) is 0 Å². The van der Waals surface area contributed by atoms with E-state index < -0.39 is 0 Å². The Bertz CT molecular complexity index is 312. The van der Waals surface area contributed by atoms with Crippen LogP contribution in [0.2, 0.25) is 0 Å². The Hall–Kier alpha value is -0.420. The van der Waals surface area contributed by atoms with Gasteiger partial charge in [0.1, 0.15) is 12.2 Å². The van der Waals surface area contributed by atoms with E-state index in [9.17, 15) is 0 Å². The maximum atomic E-state index is 4.32. The smallest absolute Gasteiger partial charge is 0.141 e. The number of aromatic nitrogens is 3. The maximum Gasteiger partial charge on any atom is 0.141 e. The molecule has 0 spiro atoms. The van der Waals surface area contributed by atoms with Crippen LogP contribution in [0.5, 0.6) is 0 Å². The summed E-state index contributed by atoms with van der Waals surface area (Å²) in [5.74, 6) is 1.10. The summed E-state index contributed by atoms with van der Waals surface area (Å²) in [5.41, 5.74) is 0. The van der Waals surface area contributed by atoms with Crippen LogP contribution >= 0.6 is 15.9 Å². The monoisotopic (exact) mass is 272 g/mol. The van der Waals surface area contributed by atoms with Crippen molar-refractivity contribution in [2.45, 2.75) is 37.7 Å². The van der Waals surface area contributed by atoms with Gasteiger partial charge in [-0.05, 0) is 19.4 Å². The Labute approximate surface area is 98.8 Å². The Kier molecular flexibility index (Phi) is 3.75. The van der Waals surface area contributed by atoms with Gasteiger partial charge in [0.2, 0.25) is 0 Å². The molecule has 0 aromatic carbocycles. The zero-order valence-electron chi connectivity index (χ0n) is 9.06. The SMILES string of the molecule is CCCn1ncnc1CN1CCC(Br)C1. The fourth-order valence-electron chi connectivity index (χ4n) is 1.94. The normalized spacial score (nSPS) is 22.4. The quantitative estimate of drug-likeness (QED) is 0.782. The van der Waals surface area contributed by atoms with E-state index in [0.29, 0.717) is 4.83 Å². The number of hydrogen-bond donors (Lipinski definition) is 0. The molecule has 1 unspecified atom stereocenters. The average molecular weight is 273 g/mol. The standard InChI is InChI=1S/C10H17BrN4/c1-2-4-15-10(12-8-13-15)7-14-5-3-9(11)6-14/h8-9H,2-7H2,1H3. The first-order valence-corrected chi connectivity index (χ1v) is 6.44. The van der Waals surface area contributed by atoms with Crippen LogP contribution in [0.15, 0.2) is 6.33 Å². The molecule has 1 atom stereocenters. The lowest BCUT2D eigenvalue weighted by Gasteiger charge is -2.14. The molecule has 0 saturated carbocycles. The van der Waals surface area contributed by atoms with Gasteiger partial charge in [-0.25, -0.2) is 9.67 Å². The van der Waals surface area contributed by atoms with Crippen LogP contribution in [0.1, 0.15) is 25.6 Å². The van der Waals surface area contributed by atoms with E-state index in [1.54, 1.807) is 6.33 Å². The van der Waals surface area contributed by atoms with E-state index in [4.69, 9.17) is 0 Å². The van der Waals surface area contributed by atoms with E-state index in [2.05, 4.69) is 37.8 Å². The highest BCUT2D eigenvalue weighted by Gasteiger charge is 2.21. The minimum Gasteiger partial charge on any atom is -0.295 e. The van der Waals surface area contributed by atoms with E-state index in [1.807, 2.05) is 4.68 Å². The third kappa shape index (κ3) is 2.78. The number of aryl methyl sites for hydroxylation is 1. The molecule has 0 amide bonds. The van der Waals surface area contributed by atoms with Crippen LogP contribution in [0.3, 0.4) is 0 Å². The number of nitrogens with zero attached hydrogens (tertiary/aromatic N) is 4. The fourth-order valence-corrected chi connectivity index (χ4v) is 2.55. The number of halogens is 1. The molecule has 1 aliphatic heterocycles. The van der Waals surface area contributed by atoms with Crippen molar-refractivity contribution in [1.82, 2.24) is 19.7 Å². The summed E-state index contributed by atoms with van der Waals surface area (Å²) in [6.07, 6.45) is 4.01. The second-order valence-corrected chi connectivity index (χ2v) is 5.32. The molecule has 0 radical (unpaired) electrons. The third-order valence-electron chi connectivity index (χ3n) is 2.71. The van der Waals surface area contributed by atoms with Crippen molar-refractivity contribution in [3.8, 4) is 0 Å². The van der Waals surface area contributed by atoms with Gasteiger partial charge in [0, 0.05) is 17.9 Å². The lowest BCUT2D eigenvalue weighted by molar-refractivity contribution is 0.314. The van der Waals surface area contributed by atoms with Crippen LogP contribution < -0.4 is 0 Å². The Morgan fingerprint density at radius 2 is 2.47 bits per heavy atom. The highest BCUT2D eigenvalue weighted by atomic mass is 79.9. The molecule has 2 rings (SSSR count). The summed E-state index contributed by atoms with van der Waals surface area (Å²) >= 11 is 3.65. The van der Waals surface area contributed by atoms with E-state index in [0.717, 1.165) is 38.4 Å². The highest BCUT2D eigenvalue weighted by molar-refractivity contribution is 9.09. The molecular formula is C10H17BrN4. The molecule has 1 fully saturated rings. The second kappa shape index (κ2) is 5.07. The van der Waals surface area contributed by atoms with Crippen molar-refractivity contribution in [3.05, 3.63) is 12.2 Å². The van der Waals surface area contributed by atoms with E-state index >= 15 is 0 Å². The molecule has 5 heteroatoms. The molecule has 84 valence electrons. The highest BCUT2D eigenvalue weighted by Crippen LogP contribution is 2.18. The third-order valence-corrected chi connectivity index (χ3v) is 3.46. The maximum absolute atomic E-state index is 4.32. The number of alkyl halides is 1. The average Bonchev–Trinajstić information content (AvgIpc) is 2.78. The molecule has 1 saturated heterocycles. The van der Waals surface area contributed by atoms with Crippen LogP contribution in [0.4, 0.5) is 0 Å². The largest absolute Gasteiger partial charge is 0.295 e. The number of hydrogen-bond acceptors (Lipinski definition) is 3. The lowest BCUT2D eigenvalue weighted by Crippen LogP contribution is -2.23. The zero-order chi connectivity index (χ0) is 10.7. The van der Waals surface area contributed by atoms with Crippen molar-refractivity contribution in [2.24, 2.45) is 0 Å². The van der Waals surface area contributed by atoms with E-state index in [-0.39, 0.29) is 0 Å². The van der Waals surface area contributed by atoms with Gasteiger partial charge in [-0.15, -0.1) is 0 Å². The minimum atomic E-state index is 0.653. The summed E-state index contributed by atoms with van der Waals surface area (Å²) in [5, 5.41) is 4.23. The Morgan fingerprint density at radius 1 is 1.60 bits per heavy atom. The van der Waals surface area contributed by atoms with Gasteiger partial charge in [0.25, 0.3) is 0 Å². The molecule has 2 heterocycles. The first-order chi connectivity index (χ1) is 7.29. The molecule has 1 aromatic heterocycles. The molecule has 4 nitrogen and oxygen atoms in total. The topological polar surface area (TPSA) is 34.0 Å². The van der Waals surface area contributed by atoms with Crippen molar-refractivity contribution in [3.63, 3.8) is 0 Å². The van der Waals surface area contributed by atoms with Crippen LogP contribution in [0, 0.1) is 0 Å². The predicted molar refractivity (Wildman–Crippen MR) is 62.9 cm³/mol. The van der Waals surface area contributed by atoms with Gasteiger partial charge in [-0.3, -0.25) is 4.90 Å². The van der Waals surface area contributed by atoms with Gasteiger partial charge < -0.3 is 0 Å². The molecule has 0 bridgehead atoms. The van der Waals surface area contributed by atoms with Crippen molar-refractivity contribution in [1.29, 1.82) is 0 Å². The van der Waals surface area contributed by atoms with Crippen LogP contribution in [-0.2, 0) is 13.1 Å². The van der Waals surface area contributed by atoms with Gasteiger partial charge in [0.15, 0.2) is 0 Å². The summed E-state index contributed by atoms with van der Waals surface area (Å²) in [6.45, 7) is 6.35. The molecular weight excluding hydrogens is 256 g/mol. The van der Waals surface area contributed by atoms with Crippen molar-refractivity contribution < 1.29 is 0 Å². The molecule has 0 N–H and O–H groups in total. The molecule has 1 aliphatic rings. The van der Waals surface area contributed by atoms with Gasteiger partial charge >= 0.3 is 0 Å². The predicted octanol–water partition coefficient (Wildman–Crippen LogP) is 1.66. The lowest BCUT2D eigenvalue weighted by atomic mass is 10.4. The Morgan fingerprint density at radius 3 is 3.13 bits per heavy atom. The summed E-state index contributed by atoms with van der Waals surface area (Å²) in [6, 6.07) is 0. The van der Waals surface area contributed by atoms with Crippen molar-refractivity contribution >= 4 is 15.9 Å². The number of likely N-dealkylation sites (tertiary alicyclic amines) is 1. The zero-order valence-corrected chi connectivity index (χ0v) is 10.7. The van der Waals surface area contributed by atoms with Crippen LogP contribution in [-0.4, -0.2) is 37.6 Å². The Balaban J connectivity index is 1.95.